The molecular weight excluding hydrogens is 442 g/mol. The van der Waals surface area contributed by atoms with Gasteiger partial charge in [0.2, 0.25) is 11.7 Å². The quantitative estimate of drug-likeness (QED) is 0.265. The molecule has 170 valence electrons. The van der Waals surface area contributed by atoms with Crippen molar-refractivity contribution < 1.29 is 4.52 Å². The first-order valence-electron chi connectivity index (χ1n) is 11.1. The van der Waals surface area contributed by atoms with Crippen molar-refractivity contribution in [3.63, 3.8) is 0 Å². The smallest absolute Gasteiger partial charge is 0.237 e. The van der Waals surface area contributed by atoms with Gasteiger partial charge in [-0.1, -0.05) is 82.6 Å². The maximum atomic E-state index is 5.52. The molecule has 0 saturated carbocycles. The van der Waals surface area contributed by atoms with Gasteiger partial charge in [0, 0.05) is 11.1 Å². The Morgan fingerprint density at radius 1 is 0.765 bits per heavy atom. The third-order valence-electron chi connectivity index (χ3n) is 5.79. The molecule has 5 aromatic rings. The van der Waals surface area contributed by atoms with Crippen LogP contribution in [0.4, 0.5) is 0 Å². The molecule has 0 atom stereocenters. The van der Waals surface area contributed by atoms with Crippen LogP contribution in [-0.2, 0) is 5.75 Å². The predicted octanol–water partition coefficient (Wildman–Crippen LogP) is 6.51. The van der Waals surface area contributed by atoms with E-state index in [1.165, 1.54) is 34.0 Å². The number of benzene rings is 3. The summed E-state index contributed by atoms with van der Waals surface area (Å²) in [6, 6.07) is 22.8. The fourth-order valence-electron chi connectivity index (χ4n) is 3.61. The molecule has 0 aliphatic heterocycles. The molecule has 0 amide bonds. The second-order valence-electron chi connectivity index (χ2n) is 8.44. The molecular formula is C27H25N5OS. The van der Waals surface area contributed by atoms with Gasteiger partial charge in [-0.25, -0.2) is 0 Å². The first-order valence-corrected chi connectivity index (χ1v) is 12.1. The lowest BCUT2D eigenvalue weighted by Gasteiger charge is -2.12. The molecule has 0 unspecified atom stereocenters. The molecule has 0 N–H and O–H groups in total. The van der Waals surface area contributed by atoms with E-state index in [0.717, 1.165) is 27.8 Å². The van der Waals surface area contributed by atoms with Crippen LogP contribution < -0.4 is 0 Å². The van der Waals surface area contributed by atoms with Crippen molar-refractivity contribution in [1.29, 1.82) is 0 Å². The number of rotatable bonds is 6. The summed E-state index contributed by atoms with van der Waals surface area (Å²) in [6.07, 6.45) is 0. The molecule has 0 saturated heterocycles. The van der Waals surface area contributed by atoms with Gasteiger partial charge in [0.05, 0.1) is 11.4 Å². The Kier molecular flexibility index (Phi) is 6.02. The number of aryl methyl sites for hydroxylation is 4. The van der Waals surface area contributed by atoms with Gasteiger partial charge in [-0.3, -0.25) is 4.57 Å². The number of nitrogens with zero attached hydrogens (tertiary/aromatic N) is 5. The maximum Gasteiger partial charge on any atom is 0.237 e. The van der Waals surface area contributed by atoms with Crippen molar-refractivity contribution >= 4 is 11.8 Å². The number of hydrogen-bond donors (Lipinski definition) is 0. The fraction of sp³-hybridized carbons (Fsp3) is 0.185. The number of thioether (sulfide) groups is 1. The Morgan fingerprint density at radius 2 is 1.44 bits per heavy atom. The molecule has 0 bridgehead atoms. The van der Waals surface area contributed by atoms with E-state index < -0.39 is 0 Å². The highest BCUT2D eigenvalue weighted by molar-refractivity contribution is 7.98. The Morgan fingerprint density at radius 3 is 2.12 bits per heavy atom. The van der Waals surface area contributed by atoms with Crippen molar-refractivity contribution in [2.45, 2.75) is 38.6 Å². The number of hydrogen-bond acceptors (Lipinski definition) is 6. The van der Waals surface area contributed by atoms with Gasteiger partial charge in [0.1, 0.15) is 0 Å². The summed E-state index contributed by atoms with van der Waals surface area (Å²) in [4.78, 5) is 4.57. The molecule has 0 fully saturated rings. The lowest BCUT2D eigenvalue weighted by atomic mass is 10.1. The molecule has 7 heteroatoms. The molecule has 34 heavy (non-hydrogen) atoms. The van der Waals surface area contributed by atoms with Gasteiger partial charge < -0.3 is 4.52 Å². The van der Waals surface area contributed by atoms with Crippen LogP contribution in [0.5, 0.6) is 0 Å². The first kappa shape index (κ1) is 22.1. The van der Waals surface area contributed by atoms with Crippen LogP contribution in [0.25, 0.3) is 28.5 Å². The predicted molar refractivity (Wildman–Crippen MR) is 135 cm³/mol. The van der Waals surface area contributed by atoms with Crippen LogP contribution in [-0.4, -0.2) is 24.9 Å². The van der Waals surface area contributed by atoms with Crippen LogP contribution in [0.15, 0.2) is 76.4 Å². The van der Waals surface area contributed by atoms with Crippen LogP contribution in [0, 0.1) is 27.7 Å². The monoisotopic (exact) mass is 467 g/mol. The van der Waals surface area contributed by atoms with Crippen LogP contribution in [0.2, 0.25) is 0 Å². The minimum absolute atomic E-state index is 0.496. The highest BCUT2D eigenvalue weighted by Crippen LogP contribution is 2.31. The normalized spacial score (nSPS) is 11.2. The molecule has 2 heterocycles. The fourth-order valence-corrected chi connectivity index (χ4v) is 4.40. The molecule has 6 nitrogen and oxygen atoms in total. The van der Waals surface area contributed by atoms with E-state index in [4.69, 9.17) is 4.52 Å². The summed E-state index contributed by atoms with van der Waals surface area (Å²) in [5.74, 6) is 2.44. The van der Waals surface area contributed by atoms with Gasteiger partial charge in [0.15, 0.2) is 11.0 Å². The standard InChI is InChI=1S/C27H25N5OS/c1-17-5-10-21(11-6-17)25-28-24(33-31-25)16-34-27-30-29-26(22-12-7-18(2)8-13-22)32(27)23-14-9-19(3)20(4)15-23/h5-15H,16H2,1-4H3. The van der Waals surface area contributed by atoms with Crippen molar-refractivity contribution in [2.75, 3.05) is 0 Å². The highest BCUT2D eigenvalue weighted by Gasteiger charge is 2.18. The number of aromatic nitrogens is 5. The summed E-state index contributed by atoms with van der Waals surface area (Å²) in [6.45, 7) is 8.36. The van der Waals surface area contributed by atoms with Crippen molar-refractivity contribution in [1.82, 2.24) is 24.9 Å². The minimum Gasteiger partial charge on any atom is -0.338 e. The van der Waals surface area contributed by atoms with E-state index in [0.29, 0.717) is 17.5 Å². The zero-order chi connectivity index (χ0) is 23.7. The van der Waals surface area contributed by atoms with Crippen molar-refractivity contribution in [3.8, 4) is 28.5 Å². The highest BCUT2D eigenvalue weighted by atomic mass is 32.2. The van der Waals surface area contributed by atoms with Gasteiger partial charge in [-0.15, -0.1) is 10.2 Å². The van der Waals surface area contributed by atoms with Crippen molar-refractivity contribution in [2.24, 2.45) is 0 Å². The van der Waals surface area contributed by atoms with Crippen molar-refractivity contribution in [3.05, 3.63) is 94.9 Å². The topological polar surface area (TPSA) is 69.6 Å². The lowest BCUT2D eigenvalue weighted by molar-refractivity contribution is 0.391. The molecule has 5 rings (SSSR count). The Labute approximate surface area is 203 Å². The minimum atomic E-state index is 0.496. The van der Waals surface area contributed by atoms with Gasteiger partial charge >= 0.3 is 0 Å². The molecule has 0 spiro atoms. The van der Waals surface area contributed by atoms with E-state index in [1.807, 2.05) is 24.3 Å². The summed E-state index contributed by atoms with van der Waals surface area (Å²) < 4.78 is 7.61. The van der Waals surface area contributed by atoms with E-state index in [1.54, 1.807) is 0 Å². The first-order chi connectivity index (χ1) is 16.5. The average molecular weight is 468 g/mol. The third kappa shape index (κ3) is 4.52. The van der Waals surface area contributed by atoms with Crippen LogP contribution in [0.1, 0.15) is 28.1 Å². The SMILES string of the molecule is Cc1ccc(-c2noc(CSc3nnc(-c4ccc(C)cc4)n3-c3ccc(C)c(C)c3)n2)cc1. The van der Waals surface area contributed by atoms with E-state index in [9.17, 15) is 0 Å². The third-order valence-corrected chi connectivity index (χ3v) is 6.71. The molecule has 3 aromatic carbocycles. The molecule has 0 aliphatic rings. The molecule has 2 aromatic heterocycles. The van der Waals surface area contributed by atoms with E-state index in [-0.39, 0.29) is 0 Å². The van der Waals surface area contributed by atoms with Gasteiger partial charge in [-0.2, -0.15) is 4.98 Å². The van der Waals surface area contributed by atoms with E-state index in [2.05, 4.69) is 95.1 Å². The van der Waals surface area contributed by atoms with Gasteiger partial charge in [-0.05, 0) is 51.0 Å². The molecule has 0 aliphatic carbocycles. The Balaban J connectivity index is 1.46. The molecule has 0 radical (unpaired) electrons. The zero-order valence-electron chi connectivity index (χ0n) is 19.6. The summed E-state index contributed by atoms with van der Waals surface area (Å²) in [5, 5.41) is 14.0. The van der Waals surface area contributed by atoms with Gasteiger partial charge in [0.25, 0.3) is 0 Å². The maximum absolute atomic E-state index is 5.52. The summed E-state index contributed by atoms with van der Waals surface area (Å²) >= 11 is 1.53. The average Bonchev–Trinajstić information content (AvgIpc) is 3.48. The second-order valence-corrected chi connectivity index (χ2v) is 9.39. The van der Waals surface area contributed by atoms with E-state index >= 15 is 0 Å². The Hall–Kier alpha value is -3.71. The summed E-state index contributed by atoms with van der Waals surface area (Å²) in [7, 11) is 0. The lowest BCUT2D eigenvalue weighted by Crippen LogP contribution is -2.01. The summed E-state index contributed by atoms with van der Waals surface area (Å²) in [5.41, 5.74) is 7.84. The zero-order valence-corrected chi connectivity index (χ0v) is 20.4. The largest absolute Gasteiger partial charge is 0.338 e. The van der Waals surface area contributed by atoms with Crippen LogP contribution in [0.3, 0.4) is 0 Å². The second kappa shape index (κ2) is 9.27. The Bertz CT molecular complexity index is 1440. The van der Waals surface area contributed by atoms with Crippen LogP contribution >= 0.6 is 11.8 Å².